The molecule has 0 saturated carbocycles. The van der Waals surface area contributed by atoms with Gasteiger partial charge in [-0.3, -0.25) is 14.2 Å². The third kappa shape index (κ3) is 4.38. The number of likely N-dealkylation sites (tertiary alicyclic amines) is 1. The van der Waals surface area contributed by atoms with Gasteiger partial charge in [0, 0.05) is 42.7 Å². The number of hydrogen-bond acceptors (Lipinski definition) is 5. The normalized spacial score (nSPS) is 16.8. The summed E-state index contributed by atoms with van der Waals surface area (Å²) in [5, 5.41) is 7.19. The van der Waals surface area contributed by atoms with E-state index in [1.807, 2.05) is 30.5 Å². The van der Waals surface area contributed by atoms with Crippen molar-refractivity contribution in [1.82, 2.24) is 24.8 Å². The highest BCUT2D eigenvalue weighted by molar-refractivity contribution is 5.80. The van der Waals surface area contributed by atoms with Crippen molar-refractivity contribution in [3.05, 3.63) is 58.3 Å². The lowest BCUT2D eigenvalue weighted by Gasteiger charge is -2.20. The number of rotatable bonds is 7. The third-order valence-electron chi connectivity index (χ3n) is 5.84. The molecule has 0 spiro atoms. The van der Waals surface area contributed by atoms with Crippen LogP contribution in [-0.4, -0.2) is 51.5 Å². The lowest BCUT2D eigenvalue weighted by atomic mass is 10.1. The van der Waals surface area contributed by atoms with Crippen molar-refractivity contribution in [3.63, 3.8) is 0 Å². The zero-order chi connectivity index (χ0) is 21.1. The Balaban J connectivity index is 1.38. The summed E-state index contributed by atoms with van der Waals surface area (Å²) in [4.78, 5) is 35.0. The van der Waals surface area contributed by atoms with Crippen LogP contribution in [0, 0.1) is 6.92 Å². The van der Waals surface area contributed by atoms with Gasteiger partial charge >= 0.3 is 0 Å². The molecule has 0 aliphatic carbocycles. The van der Waals surface area contributed by atoms with Crippen LogP contribution in [0.15, 0.2) is 41.5 Å². The standard InChI is InChI=1S/C22H28N6O2/c1-15-11-25-21(26-13-18-4-3-9-27(18)2)22(30)28(15)14-20(29)24-12-16-5-6-19-17(10-16)7-8-23-19/h5-8,10-11,18,23H,3-4,9,12-14H2,1-2H3,(H,24,29)(H,25,26)/t18-/m1/s1. The molecule has 1 aliphatic heterocycles. The fourth-order valence-electron chi connectivity index (χ4n) is 3.95. The molecule has 1 amide bonds. The van der Waals surface area contributed by atoms with Crippen molar-refractivity contribution in [1.29, 1.82) is 0 Å². The van der Waals surface area contributed by atoms with E-state index < -0.39 is 0 Å². The average Bonchev–Trinajstić information content (AvgIpc) is 3.37. The highest BCUT2D eigenvalue weighted by Crippen LogP contribution is 2.15. The van der Waals surface area contributed by atoms with Crippen molar-refractivity contribution >= 4 is 22.6 Å². The summed E-state index contributed by atoms with van der Waals surface area (Å²) in [5.41, 5.74) is 2.47. The number of nitrogens with zero attached hydrogens (tertiary/aromatic N) is 3. The molecule has 1 aromatic carbocycles. The molecule has 1 aliphatic rings. The quantitative estimate of drug-likeness (QED) is 0.555. The number of carbonyl (C=O) groups is 1. The maximum Gasteiger partial charge on any atom is 0.293 e. The number of hydrogen-bond donors (Lipinski definition) is 3. The van der Waals surface area contributed by atoms with E-state index in [2.05, 4.69) is 32.5 Å². The number of carbonyl (C=O) groups excluding carboxylic acids is 1. The molecule has 0 bridgehead atoms. The first-order chi connectivity index (χ1) is 14.5. The summed E-state index contributed by atoms with van der Waals surface area (Å²) >= 11 is 0. The topological polar surface area (TPSA) is 95.1 Å². The van der Waals surface area contributed by atoms with Crippen LogP contribution in [0.4, 0.5) is 5.82 Å². The number of amides is 1. The Labute approximate surface area is 175 Å². The Morgan fingerprint density at radius 3 is 3.00 bits per heavy atom. The number of aromatic amines is 1. The number of aromatic nitrogens is 3. The number of fused-ring (bicyclic) bond motifs is 1. The van der Waals surface area contributed by atoms with Crippen LogP contribution in [-0.2, 0) is 17.9 Å². The number of H-pyrrole nitrogens is 1. The number of benzene rings is 1. The van der Waals surface area contributed by atoms with Crippen LogP contribution in [0.2, 0.25) is 0 Å². The summed E-state index contributed by atoms with van der Waals surface area (Å²) in [7, 11) is 2.10. The Kier molecular flexibility index (Phi) is 5.85. The summed E-state index contributed by atoms with van der Waals surface area (Å²) in [6.45, 7) is 3.93. The molecule has 30 heavy (non-hydrogen) atoms. The Hall–Kier alpha value is -3.13. The smallest absolute Gasteiger partial charge is 0.293 e. The maximum atomic E-state index is 12.8. The summed E-state index contributed by atoms with van der Waals surface area (Å²) < 4.78 is 1.47. The molecule has 1 atom stereocenters. The molecule has 0 radical (unpaired) electrons. The fourth-order valence-corrected chi connectivity index (χ4v) is 3.95. The highest BCUT2D eigenvalue weighted by atomic mass is 16.2. The minimum Gasteiger partial charge on any atom is -0.364 e. The minimum absolute atomic E-state index is 0.0302. The molecular weight excluding hydrogens is 380 g/mol. The van der Waals surface area contributed by atoms with Crippen LogP contribution >= 0.6 is 0 Å². The minimum atomic E-state index is -0.264. The molecule has 8 heteroatoms. The third-order valence-corrected chi connectivity index (χ3v) is 5.84. The molecule has 0 unspecified atom stereocenters. The first-order valence-corrected chi connectivity index (χ1v) is 10.3. The Morgan fingerprint density at radius 2 is 2.20 bits per heavy atom. The van der Waals surface area contributed by atoms with E-state index in [9.17, 15) is 9.59 Å². The van der Waals surface area contributed by atoms with Crippen LogP contribution in [0.1, 0.15) is 24.1 Å². The van der Waals surface area contributed by atoms with Gasteiger partial charge in [0.25, 0.3) is 5.56 Å². The van der Waals surface area contributed by atoms with Crippen LogP contribution in [0.5, 0.6) is 0 Å². The van der Waals surface area contributed by atoms with E-state index in [-0.39, 0.29) is 18.0 Å². The van der Waals surface area contributed by atoms with Crippen LogP contribution < -0.4 is 16.2 Å². The van der Waals surface area contributed by atoms with E-state index in [0.29, 0.717) is 30.6 Å². The zero-order valence-corrected chi connectivity index (χ0v) is 17.4. The molecular formula is C22H28N6O2. The van der Waals surface area contributed by atoms with Crippen molar-refractivity contribution < 1.29 is 4.79 Å². The van der Waals surface area contributed by atoms with E-state index in [1.165, 1.54) is 11.0 Å². The highest BCUT2D eigenvalue weighted by Gasteiger charge is 2.21. The first-order valence-electron chi connectivity index (χ1n) is 10.3. The van der Waals surface area contributed by atoms with Gasteiger partial charge in [0.05, 0.1) is 0 Å². The van der Waals surface area contributed by atoms with Gasteiger partial charge in [-0.15, -0.1) is 0 Å². The van der Waals surface area contributed by atoms with Gasteiger partial charge in [0.15, 0.2) is 5.82 Å². The second kappa shape index (κ2) is 8.71. The van der Waals surface area contributed by atoms with Crippen molar-refractivity contribution in [2.45, 2.75) is 38.9 Å². The molecule has 1 saturated heterocycles. The molecule has 1 fully saturated rings. The van der Waals surface area contributed by atoms with Gasteiger partial charge in [-0.05, 0) is 62.5 Å². The average molecular weight is 409 g/mol. The molecule has 4 rings (SSSR count). The van der Waals surface area contributed by atoms with E-state index in [0.717, 1.165) is 29.4 Å². The molecule has 3 N–H and O–H groups in total. The van der Waals surface area contributed by atoms with Crippen molar-refractivity contribution in [2.24, 2.45) is 0 Å². The van der Waals surface area contributed by atoms with Gasteiger partial charge in [-0.2, -0.15) is 0 Å². The molecule has 158 valence electrons. The Morgan fingerprint density at radius 1 is 1.33 bits per heavy atom. The second-order valence-corrected chi connectivity index (χ2v) is 7.97. The van der Waals surface area contributed by atoms with E-state index in [4.69, 9.17) is 0 Å². The van der Waals surface area contributed by atoms with Crippen molar-refractivity contribution in [2.75, 3.05) is 25.5 Å². The van der Waals surface area contributed by atoms with Gasteiger partial charge < -0.3 is 20.5 Å². The first kappa shape index (κ1) is 20.2. The van der Waals surface area contributed by atoms with Gasteiger partial charge in [-0.25, -0.2) is 4.98 Å². The lowest BCUT2D eigenvalue weighted by molar-refractivity contribution is -0.121. The fraction of sp³-hybridized carbons (Fsp3) is 0.409. The Bertz CT molecular complexity index is 1100. The van der Waals surface area contributed by atoms with Crippen molar-refractivity contribution in [3.8, 4) is 0 Å². The van der Waals surface area contributed by atoms with Gasteiger partial charge in [0.1, 0.15) is 6.54 Å². The van der Waals surface area contributed by atoms with E-state index >= 15 is 0 Å². The molecule has 8 nitrogen and oxygen atoms in total. The molecule has 2 aromatic heterocycles. The lowest BCUT2D eigenvalue weighted by Crippen LogP contribution is -2.36. The maximum absolute atomic E-state index is 12.8. The number of anilines is 1. The predicted octanol–water partition coefficient (Wildman–Crippen LogP) is 1.86. The molecule has 3 aromatic rings. The summed E-state index contributed by atoms with van der Waals surface area (Å²) in [6, 6.07) is 8.41. The van der Waals surface area contributed by atoms with Gasteiger partial charge in [0.2, 0.25) is 5.91 Å². The SMILES string of the molecule is Cc1cnc(NC[C@H]2CCCN2C)c(=O)n1CC(=O)NCc1ccc2[nH]ccc2c1. The number of likely N-dealkylation sites (N-methyl/N-ethyl adjacent to an activating group) is 1. The van der Waals surface area contributed by atoms with E-state index in [1.54, 1.807) is 13.1 Å². The van der Waals surface area contributed by atoms with Crippen LogP contribution in [0.3, 0.4) is 0 Å². The monoisotopic (exact) mass is 408 g/mol. The predicted molar refractivity (Wildman–Crippen MR) is 118 cm³/mol. The van der Waals surface area contributed by atoms with Gasteiger partial charge in [-0.1, -0.05) is 6.07 Å². The second-order valence-electron chi connectivity index (χ2n) is 7.97. The zero-order valence-electron chi connectivity index (χ0n) is 17.4. The number of aryl methyl sites for hydroxylation is 1. The van der Waals surface area contributed by atoms with Crippen LogP contribution in [0.25, 0.3) is 10.9 Å². The summed E-state index contributed by atoms with van der Waals surface area (Å²) in [6.07, 6.45) is 5.81. The largest absolute Gasteiger partial charge is 0.364 e. The molecule has 3 heterocycles. The number of nitrogens with one attached hydrogen (secondary N) is 3. The summed E-state index contributed by atoms with van der Waals surface area (Å²) in [5.74, 6) is 0.0913.